The number of benzene rings is 2. The first kappa shape index (κ1) is 19.1. The fourth-order valence-electron chi connectivity index (χ4n) is 2.29. The Hall–Kier alpha value is -2.28. The molecule has 0 heterocycles. The molecular weight excluding hydrogens is 351 g/mol. The molecule has 7 heteroatoms. The van der Waals surface area contributed by atoms with Gasteiger partial charge >= 0.3 is 6.18 Å². The number of alkyl halides is 3. The molecule has 0 aromatic heterocycles. The van der Waals surface area contributed by atoms with Crippen molar-refractivity contribution in [2.45, 2.75) is 26.6 Å². The first-order valence-corrected chi connectivity index (χ1v) is 7.86. The highest BCUT2D eigenvalue weighted by molar-refractivity contribution is 7.80. The van der Waals surface area contributed by atoms with Crippen molar-refractivity contribution in [2.24, 2.45) is 0 Å². The Morgan fingerprint density at radius 3 is 2.44 bits per heavy atom. The molecule has 0 aliphatic carbocycles. The fraction of sp³-hybridized carbons (Fsp3) is 0.278. The summed E-state index contributed by atoms with van der Waals surface area (Å²) in [6.45, 7) is 3.80. The van der Waals surface area contributed by atoms with E-state index >= 15 is 0 Å². The molecule has 2 aromatic carbocycles. The van der Waals surface area contributed by atoms with Crippen LogP contribution in [0.3, 0.4) is 0 Å². The first-order valence-electron chi connectivity index (χ1n) is 7.46. The van der Waals surface area contributed by atoms with E-state index in [2.05, 4.69) is 5.32 Å². The van der Waals surface area contributed by atoms with Crippen molar-refractivity contribution in [3.63, 3.8) is 0 Å². The van der Waals surface area contributed by atoms with Crippen LogP contribution in [0.5, 0.6) is 5.75 Å². The summed E-state index contributed by atoms with van der Waals surface area (Å²) < 4.78 is 49.5. The lowest BCUT2D eigenvalue weighted by Crippen LogP contribution is -2.14. The maximum atomic E-state index is 13.0. The molecule has 0 bridgehead atoms. The summed E-state index contributed by atoms with van der Waals surface area (Å²) in [5.41, 5.74) is 1.98. The molecule has 0 atom stereocenters. The van der Waals surface area contributed by atoms with Gasteiger partial charge in [-0.2, -0.15) is 13.2 Å². The minimum absolute atomic E-state index is 0.0392. The molecule has 3 nitrogen and oxygen atoms in total. The zero-order valence-corrected chi connectivity index (χ0v) is 14.8. The third kappa shape index (κ3) is 5.09. The Balaban J connectivity index is 2.29. The maximum absolute atomic E-state index is 13.0. The lowest BCUT2D eigenvalue weighted by Gasteiger charge is -2.16. The van der Waals surface area contributed by atoms with Crippen LogP contribution in [0.4, 0.5) is 18.9 Å². The molecule has 0 spiro atoms. The Bertz CT molecular complexity index is 775. The quantitative estimate of drug-likeness (QED) is 0.746. The van der Waals surface area contributed by atoms with Gasteiger partial charge < -0.3 is 14.8 Å². The van der Waals surface area contributed by atoms with Crippen molar-refractivity contribution in [2.75, 3.05) is 12.4 Å². The second-order valence-corrected chi connectivity index (χ2v) is 5.91. The Morgan fingerprint density at radius 1 is 1.12 bits per heavy atom. The summed E-state index contributed by atoms with van der Waals surface area (Å²) >= 11 is 4.92. The van der Waals surface area contributed by atoms with Gasteiger partial charge in [-0.3, -0.25) is 0 Å². The zero-order chi connectivity index (χ0) is 18.6. The van der Waals surface area contributed by atoms with E-state index in [1.54, 1.807) is 6.07 Å². The van der Waals surface area contributed by atoms with Crippen molar-refractivity contribution >= 4 is 23.1 Å². The van der Waals surface area contributed by atoms with Crippen LogP contribution in [0.1, 0.15) is 22.3 Å². The SMILES string of the molecule is COC(=S)Nc1ccc(C(F)(F)F)cc1COc1ccc(C)cc1C. The fourth-order valence-corrected chi connectivity index (χ4v) is 2.40. The number of hydrogen-bond acceptors (Lipinski definition) is 3. The zero-order valence-electron chi connectivity index (χ0n) is 14.0. The van der Waals surface area contributed by atoms with Crippen LogP contribution in [0.25, 0.3) is 0 Å². The van der Waals surface area contributed by atoms with E-state index in [0.717, 1.165) is 23.3 Å². The van der Waals surface area contributed by atoms with Crippen LogP contribution in [-0.2, 0) is 17.5 Å². The second-order valence-electron chi connectivity index (χ2n) is 5.54. The third-order valence-corrected chi connectivity index (χ3v) is 3.84. The largest absolute Gasteiger partial charge is 0.489 e. The number of thiocarbonyl (C=S) groups is 1. The predicted molar refractivity (Wildman–Crippen MR) is 94.9 cm³/mol. The Morgan fingerprint density at radius 2 is 1.84 bits per heavy atom. The van der Waals surface area contributed by atoms with Crippen LogP contribution in [-0.4, -0.2) is 12.3 Å². The predicted octanol–water partition coefficient (Wildman–Crippen LogP) is 5.24. The molecule has 1 N–H and O–H groups in total. The first-order chi connectivity index (χ1) is 11.7. The van der Waals surface area contributed by atoms with Crippen LogP contribution in [0.15, 0.2) is 36.4 Å². The summed E-state index contributed by atoms with van der Waals surface area (Å²) in [5, 5.41) is 2.82. The number of ether oxygens (including phenoxy) is 2. The van der Waals surface area contributed by atoms with Gasteiger partial charge in [0.15, 0.2) is 0 Å². The summed E-state index contributed by atoms with van der Waals surface area (Å²) in [6, 6.07) is 8.97. The normalized spacial score (nSPS) is 11.1. The summed E-state index contributed by atoms with van der Waals surface area (Å²) in [7, 11) is 1.38. The average Bonchev–Trinajstić information content (AvgIpc) is 2.54. The van der Waals surface area contributed by atoms with Gasteiger partial charge in [0, 0.05) is 11.3 Å². The van der Waals surface area contributed by atoms with Crippen LogP contribution < -0.4 is 10.1 Å². The van der Waals surface area contributed by atoms with Crippen molar-refractivity contribution in [3.05, 3.63) is 58.7 Å². The number of anilines is 1. The lowest BCUT2D eigenvalue weighted by atomic mass is 10.1. The van der Waals surface area contributed by atoms with E-state index < -0.39 is 11.7 Å². The molecule has 2 rings (SSSR count). The van der Waals surface area contributed by atoms with Crippen molar-refractivity contribution in [1.29, 1.82) is 0 Å². The van der Waals surface area contributed by atoms with Crippen molar-refractivity contribution in [3.8, 4) is 5.75 Å². The van der Waals surface area contributed by atoms with Crippen molar-refractivity contribution in [1.82, 2.24) is 0 Å². The summed E-state index contributed by atoms with van der Waals surface area (Å²) in [5.74, 6) is 0.614. The molecule has 0 radical (unpaired) electrons. The summed E-state index contributed by atoms with van der Waals surface area (Å²) in [6.07, 6.45) is -4.44. The van der Waals surface area contributed by atoms with Gasteiger partial charge in [0.1, 0.15) is 12.4 Å². The molecule has 0 unspecified atom stereocenters. The average molecular weight is 369 g/mol. The van der Waals surface area contributed by atoms with E-state index in [1.165, 1.54) is 13.2 Å². The minimum atomic E-state index is -4.44. The maximum Gasteiger partial charge on any atom is 0.416 e. The number of rotatable bonds is 4. The molecule has 134 valence electrons. The molecule has 0 amide bonds. The highest BCUT2D eigenvalue weighted by Gasteiger charge is 2.31. The van der Waals surface area contributed by atoms with Crippen molar-refractivity contribution < 1.29 is 22.6 Å². The molecule has 0 saturated carbocycles. The molecular formula is C18H18F3NO2S. The number of halogens is 3. The number of methoxy groups -OCH3 is 1. The standard InChI is InChI=1S/C18H18F3NO2S/c1-11-4-7-16(12(2)8-11)24-10-13-9-14(18(19,20)21)5-6-15(13)22-17(25)23-3/h4-9H,10H2,1-3H3,(H,22,25). The monoisotopic (exact) mass is 369 g/mol. The van der Waals surface area contributed by atoms with Crippen LogP contribution in [0, 0.1) is 13.8 Å². The van der Waals surface area contributed by atoms with E-state index in [0.29, 0.717) is 17.0 Å². The van der Waals surface area contributed by atoms with E-state index in [-0.39, 0.29) is 11.8 Å². The van der Waals surface area contributed by atoms with Gasteiger partial charge in [0.2, 0.25) is 0 Å². The Labute approximate surface area is 149 Å². The number of hydrogen-bond donors (Lipinski definition) is 1. The molecule has 2 aromatic rings. The van der Waals surface area contributed by atoms with Gasteiger partial charge in [-0.1, -0.05) is 17.7 Å². The second kappa shape index (κ2) is 7.74. The molecule has 0 aliphatic rings. The smallest absolute Gasteiger partial charge is 0.416 e. The van der Waals surface area contributed by atoms with Gasteiger partial charge in [-0.05, 0) is 55.9 Å². The molecule has 25 heavy (non-hydrogen) atoms. The Kier molecular flexibility index (Phi) is 5.89. The van der Waals surface area contributed by atoms with Gasteiger partial charge in [-0.15, -0.1) is 0 Å². The highest BCUT2D eigenvalue weighted by Crippen LogP contribution is 2.32. The molecule has 0 fully saturated rings. The lowest BCUT2D eigenvalue weighted by molar-refractivity contribution is -0.137. The molecule has 0 aliphatic heterocycles. The third-order valence-electron chi connectivity index (χ3n) is 3.57. The van der Waals surface area contributed by atoms with Crippen LogP contribution >= 0.6 is 12.2 Å². The van der Waals surface area contributed by atoms with E-state index in [4.69, 9.17) is 21.7 Å². The van der Waals surface area contributed by atoms with Gasteiger partial charge in [0.25, 0.3) is 5.17 Å². The topological polar surface area (TPSA) is 30.5 Å². The van der Waals surface area contributed by atoms with E-state index in [9.17, 15) is 13.2 Å². The highest BCUT2D eigenvalue weighted by atomic mass is 32.1. The number of nitrogens with one attached hydrogen (secondary N) is 1. The van der Waals surface area contributed by atoms with Crippen LogP contribution in [0.2, 0.25) is 0 Å². The minimum Gasteiger partial charge on any atom is -0.489 e. The number of aryl methyl sites for hydroxylation is 2. The van der Waals surface area contributed by atoms with E-state index in [1.807, 2.05) is 26.0 Å². The van der Waals surface area contributed by atoms with Gasteiger partial charge in [-0.25, -0.2) is 0 Å². The molecule has 0 saturated heterocycles. The van der Waals surface area contributed by atoms with Gasteiger partial charge in [0.05, 0.1) is 12.7 Å². The summed E-state index contributed by atoms with van der Waals surface area (Å²) in [4.78, 5) is 0.